The van der Waals surface area contributed by atoms with E-state index < -0.39 is 0 Å². The van der Waals surface area contributed by atoms with Crippen molar-refractivity contribution in [3.63, 3.8) is 0 Å². The lowest BCUT2D eigenvalue weighted by atomic mass is 10.0. The normalized spacial score (nSPS) is 12.0. The lowest BCUT2D eigenvalue weighted by Gasteiger charge is -2.14. The van der Waals surface area contributed by atoms with Gasteiger partial charge in [-0.05, 0) is 55.5 Å². The second-order valence-electron chi connectivity index (χ2n) is 11.2. The van der Waals surface area contributed by atoms with Crippen LogP contribution in [0.1, 0.15) is 158 Å². The van der Waals surface area contributed by atoms with Crippen LogP contribution in [-0.4, -0.2) is 12.6 Å². The highest BCUT2D eigenvalue weighted by Crippen LogP contribution is 2.23. The van der Waals surface area contributed by atoms with Gasteiger partial charge in [-0.15, -0.1) is 0 Å². The molecule has 3 nitrogen and oxygen atoms in total. The van der Waals surface area contributed by atoms with Crippen molar-refractivity contribution in [3.05, 3.63) is 65.2 Å². The van der Waals surface area contributed by atoms with E-state index in [-0.39, 0.29) is 12.1 Å². The Morgan fingerprint density at radius 1 is 0.641 bits per heavy atom. The number of ether oxygens (including phenoxy) is 2. The first-order chi connectivity index (χ1) is 19.2. The third-order valence-corrected chi connectivity index (χ3v) is 7.71. The molecule has 0 saturated carbocycles. The fourth-order valence-corrected chi connectivity index (χ4v) is 5.08. The Kier molecular flexibility index (Phi) is 18.4. The van der Waals surface area contributed by atoms with Crippen LogP contribution in [0.4, 0.5) is 0 Å². The van der Waals surface area contributed by atoms with Gasteiger partial charge < -0.3 is 9.47 Å². The Bertz CT molecular complexity index is 873. The van der Waals surface area contributed by atoms with Gasteiger partial charge in [0.15, 0.2) is 0 Å². The number of hydrogen-bond donors (Lipinski definition) is 0. The third kappa shape index (κ3) is 14.7. The second kappa shape index (κ2) is 21.7. The molecule has 2 rings (SSSR count). The van der Waals surface area contributed by atoms with Crippen molar-refractivity contribution in [2.24, 2.45) is 0 Å². The van der Waals surface area contributed by atoms with Crippen molar-refractivity contribution in [3.8, 4) is 5.75 Å². The number of benzene rings is 2. The summed E-state index contributed by atoms with van der Waals surface area (Å²) in [5, 5.41) is 0. The summed E-state index contributed by atoms with van der Waals surface area (Å²) in [6.07, 6.45) is 23.2. The topological polar surface area (TPSA) is 35.5 Å². The summed E-state index contributed by atoms with van der Waals surface area (Å²) in [4.78, 5) is 12.9. The molecule has 0 amide bonds. The first kappa shape index (κ1) is 33.1. The van der Waals surface area contributed by atoms with E-state index in [1.807, 2.05) is 42.5 Å². The molecule has 3 heteroatoms. The molecule has 0 radical (unpaired) electrons. The van der Waals surface area contributed by atoms with E-state index in [2.05, 4.69) is 26.8 Å². The van der Waals surface area contributed by atoms with E-state index in [9.17, 15) is 4.79 Å². The molecule has 0 aliphatic rings. The van der Waals surface area contributed by atoms with Gasteiger partial charge in [0, 0.05) is 6.61 Å². The zero-order valence-electron chi connectivity index (χ0n) is 25.4. The van der Waals surface area contributed by atoms with Gasteiger partial charge in [0.25, 0.3) is 0 Å². The molecule has 1 unspecified atom stereocenters. The van der Waals surface area contributed by atoms with Gasteiger partial charge in [-0.2, -0.15) is 0 Å². The van der Waals surface area contributed by atoms with Crippen molar-refractivity contribution >= 4 is 5.97 Å². The smallest absolute Gasteiger partial charge is 0.343 e. The van der Waals surface area contributed by atoms with Crippen LogP contribution in [0.5, 0.6) is 5.75 Å². The minimum atomic E-state index is -0.297. The van der Waals surface area contributed by atoms with Crippen LogP contribution in [0.3, 0.4) is 0 Å². The molecule has 2 aromatic carbocycles. The van der Waals surface area contributed by atoms with Gasteiger partial charge in [0.2, 0.25) is 0 Å². The second-order valence-corrected chi connectivity index (χ2v) is 11.2. The molecule has 218 valence electrons. The van der Waals surface area contributed by atoms with Crippen molar-refractivity contribution in [1.82, 2.24) is 0 Å². The summed E-state index contributed by atoms with van der Waals surface area (Å²) < 4.78 is 11.9. The largest absolute Gasteiger partial charge is 0.423 e. The summed E-state index contributed by atoms with van der Waals surface area (Å²) in [5.41, 5.74) is 2.79. The van der Waals surface area contributed by atoms with E-state index in [0.717, 1.165) is 37.0 Å². The van der Waals surface area contributed by atoms with Crippen molar-refractivity contribution < 1.29 is 14.3 Å². The lowest BCUT2D eigenvalue weighted by Crippen LogP contribution is -2.10. The number of esters is 1. The van der Waals surface area contributed by atoms with Crippen molar-refractivity contribution in [1.29, 1.82) is 0 Å². The molecule has 0 aliphatic carbocycles. The maximum Gasteiger partial charge on any atom is 0.343 e. The Morgan fingerprint density at radius 3 is 1.74 bits per heavy atom. The maximum absolute atomic E-state index is 12.9. The summed E-state index contributed by atoms with van der Waals surface area (Å²) in [6.45, 7) is 7.39. The molecule has 0 saturated heterocycles. The average molecular weight is 537 g/mol. The first-order valence-corrected chi connectivity index (χ1v) is 16.2. The number of aryl methyl sites for hydroxylation is 1. The number of hydrogen-bond acceptors (Lipinski definition) is 3. The first-order valence-electron chi connectivity index (χ1n) is 16.2. The zero-order chi connectivity index (χ0) is 28.0. The van der Waals surface area contributed by atoms with Gasteiger partial charge in [-0.1, -0.05) is 140 Å². The molecular weight excluding hydrogens is 480 g/mol. The number of rotatable bonds is 23. The molecular formula is C36H56O3. The van der Waals surface area contributed by atoms with Gasteiger partial charge >= 0.3 is 5.97 Å². The fraction of sp³-hybridized carbons (Fsp3) is 0.639. The number of para-hydroxylation sites is 1. The highest BCUT2D eigenvalue weighted by molar-refractivity contribution is 5.91. The molecule has 0 aliphatic heterocycles. The highest BCUT2D eigenvalue weighted by atomic mass is 16.5. The van der Waals surface area contributed by atoms with E-state index in [1.165, 1.54) is 96.3 Å². The van der Waals surface area contributed by atoms with E-state index in [4.69, 9.17) is 9.47 Å². The summed E-state index contributed by atoms with van der Waals surface area (Å²) in [5.74, 6) is 0.391. The molecule has 39 heavy (non-hydrogen) atoms. The minimum Gasteiger partial charge on any atom is -0.423 e. The molecule has 0 N–H and O–H groups in total. The summed E-state index contributed by atoms with van der Waals surface area (Å²) >= 11 is 0. The summed E-state index contributed by atoms with van der Waals surface area (Å²) in [6, 6.07) is 15.7. The van der Waals surface area contributed by atoms with Gasteiger partial charge in [0.05, 0.1) is 11.7 Å². The van der Waals surface area contributed by atoms with Crippen LogP contribution in [0.2, 0.25) is 0 Å². The number of carbonyl (C=O) groups excluding carboxylic acids is 1. The van der Waals surface area contributed by atoms with Gasteiger partial charge in [-0.25, -0.2) is 4.79 Å². The molecule has 2 aromatic rings. The Balaban J connectivity index is 1.69. The zero-order valence-corrected chi connectivity index (χ0v) is 25.4. The van der Waals surface area contributed by atoms with Crippen molar-refractivity contribution in [2.75, 3.05) is 6.61 Å². The number of carbonyl (C=O) groups is 1. The SMILES string of the molecule is CCCCCCCCCCCCc1ccccc1OC(=O)c1ccc(C(C)OCCCCCCCCC)cc1. The molecule has 0 heterocycles. The maximum atomic E-state index is 12.9. The monoisotopic (exact) mass is 536 g/mol. The predicted molar refractivity (Wildman–Crippen MR) is 166 cm³/mol. The molecule has 1 atom stereocenters. The van der Waals surface area contributed by atoms with E-state index in [1.54, 1.807) is 0 Å². The Labute approximate surface area is 240 Å². The van der Waals surface area contributed by atoms with Crippen LogP contribution < -0.4 is 4.74 Å². The molecule has 0 fully saturated rings. The minimum absolute atomic E-state index is 0.0249. The quantitative estimate of drug-likeness (QED) is 0.0804. The van der Waals surface area contributed by atoms with E-state index >= 15 is 0 Å². The van der Waals surface area contributed by atoms with E-state index in [0.29, 0.717) is 11.3 Å². The van der Waals surface area contributed by atoms with Gasteiger partial charge in [-0.3, -0.25) is 0 Å². The summed E-state index contributed by atoms with van der Waals surface area (Å²) in [7, 11) is 0. The third-order valence-electron chi connectivity index (χ3n) is 7.71. The average Bonchev–Trinajstić information content (AvgIpc) is 2.96. The van der Waals surface area contributed by atoms with Crippen LogP contribution in [0.25, 0.3) is 0 Å². The number of unbranched alkanes of at least 4 members (excludes halogenated alkanes) is 15. The van der Waals surface area contributed by atoms with Gasteiger partial charge in [0.1, 0.15) is 5.75 Å². The van der Waals surface area contributed by atoms with Crippen molar-refractivity contribution in [2.45, 2.75) is 142 Å². The van der Waals surface area contributed by atoms with Crippen LogP contribution >= 0.6 is 0 Å². The molecule has 0 aromatic heterocycles. The predicted octanol–water partition coefficient (Wildman–Crippen LogP) is 11.2. The van der Waals surface area contributed by atoms with Crippen LogP contribution in [-0.2, 0) is 11.2 Å². The Hall–Kier alpha value is -2.13. The highest BCUT2D eigenvalue weighted by Gasteiger charge is 2.13. The lowest BCUT2D eigenvalue weighted by molar-refractivity contribution is 0.0626. The fourth-order valence-electron chi connectivity index (χ4n) is 5.08. The molecule has 0 bridgehead atoms. The standard InChI is InChI=1S/C36H56O3/c1-4-6-8-10-12-13-14-15-17-19-23-33-24-20-21-25-35(33)39-36(37)34-28-26-32(27-29-34)31(3)38-30-22-18-16-11-9-7-5-2/h20-21,24-29,31H,4-19,22-23,30H2,1-3H3. The van der Waals surface area contributed by atoms with Crippen LogP contribution in [0, 0.1) is 0 Å². The molecule has 0 spiro atoms. The van der Waals surface area contributed by atoms with Crippen LogP contribution in [0.15, 0.2) is 48.5 Å². The Morgan fingerprint density at radius 2 is 1.15 bits per heavy atom.